The molecule has 3 heteroatoms. The quantitative estimate of drug-likeness (QED) is 0.616. The van der Waals surface area contributed by atoms with Gasteiger partial charge in [-0.2, -0.15) is 0 Å². The Labute approximate surface area is 112 Å². The molecule has 0 radical (unpaired) electrons. The van der Waals surface area contributed by atoms with Gasteiger partial charge in [-0.05, 0) is 36.8 Å². The molecule has 0 saturated heterocycles. The van der Waals surface area contributed by atoms with Crippen LogP contribution in [0.1, 0.15) is 22.8 Å². The molecule has 2 aromatic rings. The Balaban J connectivity index is 2.07. The number of carbonyl (C=O) groups is 1. The maximum absolute atomic E-state index is 11.5. The maximum Gasteiger partial charge on any atom is 0.338 e. The van der Waals surface area contributed by atoms with Gasteiger partial charge in [-0.15, -0.1) is 0 Å². The van der Waals surface area contributed by atoms with Crippen LogP contribution < -0.4 is 0 Å². The lowest BCUT2D eigenvalue weighted by Crippen LogP contribution is -2.03. The molecule has 0 atom stereocenters. The van der Waals surface area contributed by atoms with Crippen molar-refractivity contribution in [1.82, 2.24) is 0 Å². The molecule has 0 amide bonds. The molecule has 0 N–H and O–H groups in total. The van der Waals surface area contributed by atoms with Crippen molar-refractivity contribution in [2.75, 3.05) is 6.61 Å². The van der Waals surface area contributed by atoms with E-state index in [-0.39, 0.29) is 5.97 Å². The standard InChI is InChI=1S/C16H15NO2/c1-2-19-16(18)14-8-10-15(11-9-14)17-12-13-6-4-3-5-7-13/h3-12H,2H2,1H3. The van der Waals surface area contributed by atoms with Crippen LogP contribution in [0.2, 0.25) is 0 Å². The third kappa shape index (κ3) is 3.78. The van der Waals surface area contributed by atoms with Crippen molar-refractivity contribution in [3.8, 4) is 0 Å². The zero-order valence-electron chi connectivity index (χ0n) is 10.7. The molecule has 2 rings (SSSR count). The van der Waals surface area contributed by atoms with Gasteiger partial charge in [0.15, 0.2) is 0 Å². The first-order valence-electron chi connectivity index (χ1n) is 6.16. The molecular weight excluding hydrogens is 238 g/mol. The van der Waals surface area contributed by atoms with E-state index in [0.29, 0.717) is 12.2 Å². The summed E-state index contributed by atoms with van der Waals surface area (Å²) >= 11 is 0. The van der Waals surface area contributed by atoms with Crippen LogP contribution >= 0.6 is 0 Å². The van der Waals surface area contributed by atoms with Gasteiger partial charge in [0.2, 0.25) is 0 Å². The second kappa shape index (κ2) is 6.50. The van der Waals surface area contributed by atoms with Gasteiger partial charge in [-0.25, -0.2) is 4.79 Å². The molecule has 2 aromatic carbocycles. The minimum absolute atomic E-state index is 0.305. The van der Waals surface area contributed by atoms with E-state index in [4.69, 9.17) is 4.74 Å². The summed E-state index contributed by atoms with van der Waals surface area (Å²) in [6.45, 7) is 2.17. The molecule has 0 fully saturated rings. The van der Waals surface area contributed by atoms with Crippen molar-refractivity contribution in [2.24, 2.45) is 4.99 Å². The van der Waals surface area contributed by atoms with E-state index in [0.717, 1.165) is 11.3 Å². The van der Waals surface area contributed by atoms with Gasteiger partial charge in [-0.3, -0.25) is 4.99 Å². The van der Waals surface area contributed by atoms with Gasteiger partial charge in [0.25, 0.3) is 0 Å². The predicted molar refractivity (Wildman–Crippen MR) is 76.1 cm³/mol. The number of aliphatic imine (C=N–C) groups is 1. The highest BCUT2D eigenvalue weighted by molar-refractivity contribution is 5.90. The number of hydrogen-bond donors (Lipinski definition) is 0. The third-order valence-corrected chi connectivity index (χ3v) is 2.54. The van der Waals surface area contributed by atoms with Gasteiger partial charge in [0, 0.05) is 6.21 Å². The van der Waals surface area contributed by atoms with Gasteiger partial charge in [0.1, 0.15) is 0 Å². The second-order valence-electron chi connectivity index (χ2n) is 3.94. The minimum atomic E-state index is -0.305. The van der Waals surface area contributed by atoms with Crippen LogP contribution in [0.5, 0.6) is 0 Å². The molecule has 0 bridgehead atoms. The Hall–Kier alpha value is -2.42. The molecule has 3 nitrogen and oxygen atoms in total. The molecule has 0 saturated carbocycles. The lowest BCUT2D eigenvalue weighted by Gasteiger charge is -2.01. The molecule has 0 heterocycles. The summed E-state index contributed by atoms with van der Waals surface area (Å²) in [6.07, 6.45) is 1.79. The van der Waals surface area contributed by atoms with Crippen LogP contribution in [0, 0.1) is 0 Å². The highest BCUT2D eigenvalue weighted by atomic mass is 16.5. The van der Waals surface area contributed by atoms with Crippen LogP contribution in [0.4, 0.5) is 5.69 Å². The van der Waals surface area contributed by atoms with E-state index >= 15 is 0 Å². The lowest BCUT2D eigenvalue weighted by molar-refractivity contribution is 0.0526. The van der Waals surface area contributed by atoms with Crippen molar-refractivity contribution in [1.29, 1.82) is 0 Å². The summed E-state index contributed by atoms with van der Waals surface area (Å²) in [5.41, 5.74) is 2.38. The Bertz CT molecular complexity index is 559. The molecule has 0 unspecified atom stereocenters. The van der Waals surface area contributed by atoms with Crippen LogP contribution in [0.15, 0.2) is 59.6 Å². The molecule has 0 aliphatic heterocycles. The lowest BCUT2D eigenvalue weighted by atomic mass is 10.2. The van der Waals surface area contributed by atoms with Crippen molar-refractivity contribution >= 4 is 17.9 Å². The summed E-state index contributed by atoms with van der Waals surface area (Å²) in [5.74, 6) is -0.305. The first kappa shape index (κ1) is 13.0. The number of hydrogen-bond acceptors (Lipinski definition) is 3. The van der Waals surface area contributed by atoms with Gasteiger partial charge >= 0.3 is 5.97 Å². The Kier molecular flexibility index (Phi) is 4.45. The SMILES string of the molecule is CCOC(=O)c1ccc(N=Cc2ccccc2)cc1. The number of ether oxygens (including phenoxy) is 1. The fourth-order valence-corrected chi connectivity index (χ4v) is 1.59. The number of rotatable bonds is 4. The van der Waals surface area contributed by atoms with E-state index in [1.54, 1.807) is 37.4 Å². The van der Waals surface area contributed by atoms with Crippen molar-refractivity contribution in [3.05, 3.63) is 65.7 Å². The van der Waals surface area contributed by atoms with Gasteiger partial charge < -0.3 is 4.74 Å². The molecule has 0 spiro atoms. The van der Waals surface area contributed by atoms with E-state index in [9.17, 15) is 4.79 Å². The third-order valence-electron chi connectivity index (χ3n) is 2.54. The summed E-state index contributed by atoms with van der Waals surface area (Å²) in [5, 5.41) is 0. The van der Waals surface area contributed by atoms with E-state index in [1.165, 1.54) is 0 Å². The molecule has 0 aromatic heterocycles. The highest BCUT2D eigenvalue weighted by Crippen LogP contribution is 2.13. The average molecular weight is 253 g/mol. The first-order chi connectivity index (χ1) is 9.29. The van der Waals surface area contributed by atoms with Gasteiger partial charge in [-0.1, -0.05) is 30.3 Å². The fraction of sp³-hybridized carbons (Fsp3) is 0.125. The monoisotopic (exact) mass is 253 g/mol. The molecule has 0 aliphatic rings. The minimum Gasteiger partial charge on any atom is -0.462 e. The van der Waals surface area contributed by atoms with E-state index in [1.807, 2.05) is 30.3 Å². The summed E-state index contributed by atoms with van der Waals surface area (Å²) in [6, 6.07) is 16.9. The Morgan fingerprint density at radius 2 is 1.79 bits per heavy atom. The maximum atomic E-state index is 11.5. The molecule has 19 heavy (non-hydrogen) atoms. The highest BCUT2D eigenvalue weighted by Gasteiger charge is 2.04. The topological polar surface area (TPSA) is 38.7 Å². The molecule has 0 aliphatic carbocycles. The first-order valence-corrected chi connectivity index (χ1v) is 6.16. The van der Waals surface area contributed by atoms with Crippen LogP contribution in [-0.4, -0.2) is 18.8 Å². The number of nitrogens with zero attached hydrogens (tertiary/aromatic N) is 1. The van der Waals surface area contributed by atoms with Crippen molar-refractivity contribution in [3.63, 3.8) is 0 Å². The largest absolute Gasteiger partial charge is 0.462 e. The summed E-state index contributed by atoms with van der Waals surface area (Å²) in [7, 11) is 0. The fourth-order valence-electron chi connectivity index (χ4n) is 1.59. The predicted octanol–water partition coefficient (Wildman–Crippen LogP) is 3.61. The number of carbonyl (C=O) groups excluding carboxylic acids is 1. The second-order valence-corrected chi connectivity index (χ2v) is 3.94. The number of benzene rings is 2. The Morgan fingerprint density at radius 1 is 1.11 bits per heavy atom. The zero-order chi connectivity index (χ0) is 13.5. The molecular formula is C16H15NO2. The van der Waals surface area contributed by atoms with Crippen molar-refractivity contribution in [2.45, 2.75) is 6.92 Å². The smallest absolute Gasteiger partial charge is 0.338 e. The average Bonchev–Trinajstić information content (AvgIpc) is 2.47. The van der Waals surface area contributed by atoms with Crippen LogP contribution in [-0.2, 0) is 4.74 Å². The van der Waals surface area contributed by atoms with Crippen LogP contribution in [0.25, 0.3) is 0 Å². The van der Waals surface area contributed by atoms with Gasteiger partial charge in [0.05, 0.1) is 17.9 Å². The normalized spacial score (nSPS) is 10.6. The summed E-state index contributed by atoms with van der Waals surface area (Å²) < 4.78 is 4.92. The van der Waals surface area contributed by atoms with E-state index < -0.39 is 0 Å². The number of esters is 1. The van der Waals surface area contributed by atoms with Crippen molar-refractivity contribution < 1.29 is 9.53 Å². The Morgan fingerprint density at radius 3 is 2.42 bits per heavy atom. The molecule has 96 valence electrons. The van der Waals surface area contributed by atoms with Crippen LogP contribution in [0.3, 0.4) is 0 Å². The summed E-state index contributed by atoms with van der Waals surface area (Å²) in [4.78, 5) is 15.8. The zero-order valence-corrected chi connectivity index (χ0v) is 10.7. The van der Waals surface area contributed by atoms with E-state index in [2.05, 4.69) is 4.99 Å².